The fourth-order valence-corrected chi connectivity index (χ4v) is 2.76. The first kappa shape index (κ1) is 13.0. The maximum atomic E-state index is 9.37. The fourth-order valence-electron chi connectivity index (χ4n) is 2.76. The summed E-state index contributed by atoms with van der Waals surface area (Å²) in [6.45, 7) is 3.01. The van der Waals surface area contributed by atoms with E-state index in [0.717, 1.165) is 26.1 Å². The molecule has 1 atom stereocenters. The fraction of sp³-hybridized carbons (Fsp3) is 0.294. The number of phenolic OH excluding ortho intramolecular Hbond substituents is 1. The third kappa shape index (κ3) is 3.11. The van der Waals surface area contributed by atoms with E-state index < -0.39 is 0 Å². The number of nitrogens with one attached hydrogen (secondary N) is 1. The normalized spacial score (nSPS) is 19.0. The number of aromatic hydroxyl groups is 1. The zero-order chi connectivity index (χ0) is 13.8. The second-order valence-electron chi connectivity index (χ2n) is 5.30. The third-order valence-corrected chi connectivity index (χ3v) is 3.80. The summed E-state index contributed by atoms with van der Waals surface area (Å²) in [5.74, 6) is 0.324. The van der Waals surface area contributed by atoms with Crippen LogP contribution < -0.4 is 10.2 Å². The molecule has 1 saturated heterocycles. The third-order valence-electron chi connectivity index (χ3n) is 3.80. The molecule has 2 aromatic rings. The Balaban J connectivity index is 1.66. The van der Waals surface area contributed by atoms with E-state index in [-0.39, 0.29) is 0 Å². The molecule has 0 amide bonds. The van der Waals surface area contributed by atoms with Crippen LogP contribution in [-0.4, -0.2) is 30.8 Å². The van der Waals surface area contributed by atoms with Gasteiger partial charge < -0.3 is 15.3 Å². The molecule has 0 saturated carbocycles. The average Bonchev–Trinajstić information content (AvgIpc) is 2.49. The number of hydrogen-bond acceptors (Lipinski definition) is 3. The number of piperazine rings is 1. The Bertz CT molecular complexity index is 539. The minimum Gasteiger partial charge on any atom is -0.508 e. The van der Waals surface area contributed by atoms with Crippen molar-refractivity contribution in [2.24, 2.45) is 0 Å². The summed E-state index contributed by atoms with van der Waals surface area (Å²) in [4.78, 5) is 2.38. The summed E-state index contributed by atoms with van der Waals surface area (Å²) in [6, 6.07) is 18.6. The van der Waals surface area contributed by atoms with E-state index in [4.69, 9.17) is 0 Å². The highest BCUT2D eigenvalue weighted by molar-refractivity contribution is 5.49. The highest BCUT2D eigenvalue weighted by atomic mass is 16.3. The van der Waals surface area contributed by atoms with Gasteiger partial charge in [-0.1, -0.05) is 30.3 Å². The summed E-state index contributed by atoms with van der Waals surface area (Å²) >= 11 is 0. The molecule has 0 aliphatic carbocycles. The van der Waals surface area contributed by atoms with Crippen molar-refractivity contribution in [1.29, 1.82) is 0 Å². The molecule has 1 fully saturated rings. The molecule has 1 unspecified atom stereocenters. The molecule has 3 heteroatoms. The van der Waals surface area contributed by atoms with Crippen molar-refractivity contribution in [2.45, 2.75) is 12.5 Å². The first-order chi connectivity index (χ1) is 9.81. The molecule has 0 radical (unpaired) electrons. The van der Waals surface area contributed by atoms with Gasteiger partial charge in [0.25, 0.3) is 0 Å². The average molecular weight is 268 g/mol. The zero-order valence-electron chi connectivity index (χ0n) is 11.5. The van der Waals surface area contributed by atoms with Crippen molar-refractivity contribution in [2.75, 3.05) is 24.5 Å². The van der Waals surface area contributed by atoms with Gasteiger partial charge in [0, 0.05) is 31.4 Å². The lowest BCUT2D eigenvalue weighted by Gasteiger charge is -2.35. The number of anilines is 1. The summed E-state index contributed by atoms with van der Waals surface area (Å²) in [7, 11) is 0. The van der Waals surface area contributed by atoms with Crippen molar-refractivity contribution in [3.05, 3.63) is 60.2 Å². The number of hydrogen-bond donors (Lipinski definition) is 2. The first-order valence-corrected chi connectivity index (χ1v) is 7.12. The molecule has 0 aromatic heterocycles. The maximum absolute atomic E-state index is 9.37. The van der Waals surface area contributed by atoms with Gasteiger partial charge in [-0.05, 0) is 36.2 Å². The quantitative estimate of drug-likeness (QED) is 0.897. The van der Waals surface area contributed by atoms with Gasteiger partial charge in [-0.25, -0.2) is 0 Å². The second-order valence-corrected chi connectivity index (χ2v) is 5.30. The van der Waals surface area contributed by atoms with Gasteiger partial charge in [0.2, 0.25) is 0 Å². The monoisotopic (exact) mass is 268 g/mol. The van der Waals surface area contributed by atoms with Crippen LogP contribution >= 0.6 is 0 Å². The summed E-state index contributed by atoms with van der Waals surface area (Å²) in [5, 5.41) is 13.0. The predicted molar refractivity (Wildman–Crippen MR) is 82.3 cm³/mol. The molecule has 1 aliphatic rings. The summed E-state index contributed by atoms with van der Waals surface area (Å²) in [6.07, 6.45) is 1.05. The molecule has 0 spiro atoms. The molecule has 20 heavy (non-hydrogen) atoms. The largest absolute Gasteiger partial charge is 0.508 e. The Morgan fingerprint density at radius 2 is 1.80 bits per heavy atom. The lowest BCUT2D eigenvalue weighted by atomic mass is 10.0. The van der Waals surface area contributed by atoms with Gasteiger partial charge >= 0.3 is 0 Å². The van der Waals surface area contributed by atoms with Gasteiger partial charge in [-0.2, -0.15) is 0 Å². The van der Waals surface area contributed by atoms with Crippen molar-refractivity contribution in [3.8, 4) is 5.75 Å². The number of benzene rings is 2. The van der Waals surface area contributed by atoms with Crippen molar-refractivity contribution >= 4 is 5.69 Å². The summed E-state index contributed by atoms with van der Waals surface area (Å²) < 4.78 is 0. The molecule has 0 bridgehead atoms. The van der Waals surface area contributed by atoms with Gasteiger partial charge in [0.05, 0.1) is 0 Å². The topological polar surface area (TPSA) is 35.5 Å². The first-order valence-electron chi connectivity index (χ1n) is 7.12. The van der Waals surface area contributed by atoms with Crippen LogP contribution in [0, 0.1) is 0 Å². The summed E-state index contributed by atoms with van der Waals surface area (Å²) in [5.41, 5.74) is 2.56. The minimum absolute atomic E-state index is 0.324. The van der Waals surface area contributed by atoms with E-state index in [2.05, 4.69) is 40.5 Å². The van der Waals surface area contributed by atoms with Gasteiger partial charge in [-0.3, -0.25) is 0 Å². The molecule has 104 valence electrons. The van der Waals surface area contributed by atoms with Gasteiger partial charge in [0.1, 0.15) is 5.75 Å². The van der Waals surface area contributed by atoms with E-state index in [9.17, 15) is 5.11 Å². The van der Waals surface area contributed by atoms with Gasteiger partial charge in [0.15, 0.2) is 0 Å². The Hall–Kier alpha value is -2.00. The molecular formula is C17H20N2O. The van der Waals surface area contributed by atoms with Crippen LogP contribution in [0.4, 0.5) is 5.69 Å². The molecule has 3 rings (SSSR count). The Morgan fingerprint density at radius 1 is 1.05 bits per heavy atom. The number of phenols is 1. The molecule has 1 aliphatic heterocycles. The number of nitrogens with zero attached hydrogens (tertiary/aromatic N) is 1. The van der Waals surface area contributed by atoms with Crippen LogP contribution in [0.15, 0.2) is 54.6 Å². The Morgan fingerprint density at radius 3 is 2.55 bits per heavy atom. The minimum atomic E-state index is 0.324. The van der Waals surface area contributed by atoms with Crippen LogP contribution in [0.5, 0.6) is 5.75 Å². The van der Waals surface area contributed by atoms with E-state index in [1.54, 1.807) is 12.1 Å². The van der Waals surface area contributed by atoms with Crippen molar-refractivity contribution in [3.63, 3.8) is 0 Å². The lowest BCUT2D eigenvalue weighted by molar-refractivity contribution is 0.454. The highest BCUT2D eigenvalue weighted by Crippen LogP contribution is 2.20. The Kier molecular flexibility index (Phi) is 3.88. The van der Waals surface area contributed by atoms with E-state index in [1.807, 2.05) is 12.1 Å². The molecular weight excluding hydrogens is 248 g/mol. The second kappa shape index (κ2) is 5.97. The van der Waals surface area contributed by atoms with Crippen LogP contribution in [0.3, 0.4) is 0 Å². The van der Waals surface area contributed by atoms with Crippen LogP contribution in [0.2, 0.25) is 0 Å². The van der Waals surface area contributed by atoms with E-state index in [1.165, 1.54) is 11.3 Å². The molecule has 1 heterocycles. The van der Waals surface area contributed by atoms with Crippen LogP contribution in [0.1, 0.15) is 5.56 Å². The molecule has 2 N–H and O–H groups in total. The SMILES string of the molecule is Oc1ccc(N2CCNC(Cc3ccccc3)C2)cc1. The van der Waals surface area contributed by atoms with E-state index >= 15 is 0 Å². The van der Waals surface area contributed by atoms with Gasteiger partial charge in [-0.15, -0.1) is 0 Å². The predicted octanol–water partition coefficient (Wildman–Crippen LogP) is 2.41. The van der Waals surface area contributed by atoms with Crippen LogP contribution in [-0.2, 0) is 6.42 Å². The Labute approximate surface area is 119 Å². The maximum Gasteiger partial charge on any atom is 0.115 e. The standard InChI is InChI=1S/C17H20N2O/c20-17-8-6-16(7-9-17)19-11-10-18-15(13-19)12-14-4-2-1-3-5-14/h1-9,15,18,20H,10-13H2. The van der Waals surface area contributed by atoms with Crippen molar-refractivity contribution in [1.82, 2.24) is 5.32 Å². The van der Waals surface area contributed by atoms with Crippen molar-refractivity contribution < 1.29 is 5.11 Å². The van der Waals surface area contributed by atoms with Crippen LogP contribution in [0.25, 0.3) is 0 Å². The highest BCUT2D eigenvalue weighted by Gasteiger charge is 2.19. The zero-order valence-corrected chi connectivity index (χ0v) is 11.5. The van der Waals surface area contributed by atoms with E-state index in [0.29, 0.717) is 11.8 Å². The lowest BCUT2D eigenvalue weighted by Crippen LogP contribution is -2.51. The molecule has 3 nitrogen and oxygen atoms in total. The smallest absolute Gasteiger partial charge is 0.115 e. The number of rotatable bonds is 3. The molecule has 2 aromatic carbocycles.